The molecule has 0 spiro atoms. The zero-order valence-electron chi connectivity index (χ0n) is 15.0. The fourth-order valence-electron chi connectivity index (χ4n) is 3.27. The van der Waals surface area contributed by atoms with E-state index >= 15 is 0 Å². The van der Waals surface area contributed by atoms with Crippen molar-refractivity contribution in [2.75, 3.05) is 5.32 Å². The van der Waals surface area contributed by atoms with E-state index in [9.17, 15) is 24.0 Å². The van der Waals surface area contributed by atoms with Crippen LogP contribution in [0.4, 0.5) is 5.69 Å². The van der Waals surface area contributed by atoms with Crippen LogP contribution < -0.4 is 10.6 Å². The summed E-state index contributed by atoms with van der Waals surface area (Å²) in [5.41, 5.74) is 0.584. The average molecular weight is 397 g/mol. The molecule has 12 nitrogen and oxygen atoms in total. The lowest BCUT2D eigenvalue weighted by atomic mass is 10.0. The Kier molecular flexibility index (Phi) is 4.58. The molecular formula is C17H15N7O5. The Morgan fingerprint density at radius 1 is 1.17 bits per heavy atom. The molecule has 1 fully saturated rings. The van der Waals surface area contributed by atoms with Gasteiger partial charge in [-0.05, 0) is 35.0 Å². The van der Waals surface area contributed by atoms with Gasteiger partial charge in [-0.2, -0.15) is 0 Å². The first kappa shape index (κ1) is 18.4. The molecule has 0 aliphatic carbocycles. The fraction of sp³-hybridized carbons (Fsp3) is 0.294. The number of hydrogen-bond acceptors (Lipinski definition) is 8. The molecule has 29 heavy (non-hydrogen) atoms. The molecule has 148 valence electrons. The lowest BCUT2D eigenvalue weighted by Crippen LogP contribution is -2.54. The second kappa shape index (κ2) is 7.22. The first-order valence-corrected chi connectivity index (χ1v) is 8.80. The van der Waals surface area contributed by atoms with Gasteiger partial charge in [-0.3, -0.25) is 34.2 Å². The van der Waals surface area contributed by atoms with Crippen LogP contribution in [0.3, 0.4) is 0 Å². The zero-order valence-corrected chi connectivity index (χ0v) is 15.0. The van der Waals surface area contributed by atoms with E-state index in [0.29, 0.717) is 5.69 Å². The van der Waals surface area contributed by atoms with E-state index in [1.807, 2.05) is 0 Å². The van der Waals surface area contributed by atoms with Crippen molar-refractivity contribution in [3.8, 4) is 0 Å². The van der Waals surface area contributed by atoms with Gasteiger partial charge in [0, 0.05) is 18.5 Å². The van der Waals surface area contributed by atoms with Crippen molar-refractivity contribution in [1.82, 2.24) is 30.4 Å². The number of carbonyl (C=O) groups excluding carboxylic acids is 5. The van der Waals surface area contributed by atoms with Gasteiger partial charge in [-0.1, -0.05) is 0 Å². The Morgan fingerprint density at radius 2 is 1.97 bits per heavy atom. The molecule has 0 bridgehead atoms. The van der Waals surface area contributed by atoms with Crippen LogP contribution in [0.1, 0.15) is 40.0 Å². The van der Waals surface area contributed by atoms with Gasteiger partial charge in [-0.15, -0.1) is 5.10 Å². The highest BCUT2D eigenvalue weighted by Crippen LogP contribution is 2.29. The lowest BCUT2D eigenvalue weighted by Gasteiger charge is -2.27. The van der Waals surface area contributed by atoms with Crippen molar-refractivity contribution in [3.63, 3.8) is 0 Å². The van der Waals surface area contributed by atoms with Gasteiger partial charge in [0.2, 0.25) is 17.7 Å². The van der Waals surface area contributed by atoms with Crippen LogP contribution >= 0.6 is 0 Å². The molecule has 12 heteroatoms. The standard InChI is InChI=1S/C17H15N7O5/c25-13-4-3-12(15(27)20-13)24-16(28)10-2-1-9(7-11(10)17(24)29)19-14(26)5-6-23-8-18-21-22-23/h1-2,7-8,12H,3-6H2,(H,19,26)(H,20,25,27). The maximum absolute atomic E-state index is 12.8. The van der Waals surface area contributed by atoms with Gasteiger partial charge in [0.1, 0.15) is 12.4 Å². The predicted octanol–water partition coefficient (Wildman–Crippen LogP) is -0.897. The zero-order chi connectivity index (χ0) is 20.5. The number of imide groups is 2. The number of amides is 5. The molecule has 0 radical (unpaired) electrons. The third-order valence-electron chi connectivity index (χ3n) is 4.68. The third-order valence-corrected chi connectivity index (χ3v) is 4.68. The molecule has 1 atom stereocenters. The van der Waals surface area contributed by atoms with Crippen LogP contribution in [-0.4, -0.2) is 60.7 Å². The van der Waals surface area contributed by atoms with Crippen LogP contribution in [-0.2, 0) is 20.9 Å². The maximum Gasteiger partial charge on any atom is 0.262 e. The maximum atomic E-state index is 12.8. The van der Waals surface area contributed by atoms with Crippen molar-refractivity contribution in [2.24, 2.45) is 0 Å². The molecule has 1 saturated heterocycles. The summed E-state index contributed by atoms with van der Waals surface area (Å²) < 4.78 is 1.41. The minimum absolute atomic E-state index is 0.0480. The first-order valence-electron chi connectivity index (χ1n) is 8.80. The Balaban J connectivity index is 1.47. The summed E-state index contributed by atoms with van der Waals surface area (Å²) in [6, 6.07) is 3.30. The molecule has 5 amide bonds. The second-order valence-electron chi connectivity index (χ2n) is 6.58. The van der Waals surface area contributed by atoms with E-state index in [1.54, 1.807) is 0 Å². The smallest absolute Gasteiger partial charge is 0.262 e. The average Bonchev–Trinajstić information content (AvgIpc) is 3.29. The molecule has 1 aromatic carbocycles. The number of anilines is 1. The van der Waals surface area contributed by atoms with Crippen LogP contribution in [0.25, 0.3) is 0 Å². The summed E-state index contributed by atoms with van der Waals surface area (Å²) in [5.74, 6) is -2.67. The van der Waals surface area contributed by atoms with Gasteiger partial charge >= 0.3 is 0 Å². The summed E-state index contributed by atoms with van der Waals surface area (Å²) in [7, 11) is 0. The third kappa shape index (κ3) is 3.47. The summed E-state index contributed by atoms with van der Waals surface area (Å²) in [6.07, 6.45) is 1.62. The number of piperidine rings is 1. The van der Waals surface area contributed by atoms with Gasteiger partial charge < -0.3 is 5.32 Å². The quantitative estimate of drug-likeness (QED) is 0.615. The summed E-state index contributed by atoms with van der Waals surface area (Å²) in [4.78, 5) is 61.7. The number of nitrogens with zero attached hydrogens (tertiary/aromatic N) is 5. The number of rotatable bonds is 5. The number of hydrogen-bond donors (Lipinski definition) is 2. The van der Waals surface area contributed by atoms with Crippen molar-refractivity contribution in [3.05, 3.63) is 35.7 Å². The summed E-state index contributed by atoms with van der Waals surface area (Å²) in [5, 5.41) is 15.4. The molecule has 0 saturated carbocycles. The SMILES string of the molecule is O=C1CCC(N2C(=O)c3ccc(NC(=O)CCn4cnnn4)cc3C2=O)C(=O)N1. The highest BCUT2D eigenvalue weighted by Gasteiger charge is 2.44. The minimum atomic E-state index is -1.03. The number of tetrazole rings is 1. The molecule has 3 heterocycles. The number of carbonyl (C=O) groups is 5. The fourth-order valence-corrected chi connectivity index (χ4v) is 3.27. The number of fused-ring (bicyclic) bond motifs is 1. The Bertz CT molecular complexity index is 1030. The number of aromatic nitrogens is 4. The highest BCUT2D eigenvalue weighted by atomic mass is 16.2. The van der Waals surface area contributed by atoms with Crippen molar-refractivity contribution >= 4 is 35.2 Å². The Morgan fingerprint density at radius 3 is 2.69 bits per heavy atom. The van der Waals surface area contributed by atoms with E-state index in [2.05, 4.69) is 26.2 Å². The molecule has 2 aliphatic rings. The summed E-state index contributed by atoms with van der Waals surface area (Å²) in [6.45, 7) is 0.282. The first-order chi connectivity index (χ1) is 13.9. The molecule has 4 rings (SSSR count). The molecule has 2 N–H and O–H groups in total. The Hall–Kier alpha value is -3.96. The van der Waals surface area contributed by atoms with E-state index in [0.717, 1.165) is 4.90 Å². The number of benzene rings is 1. The van der Waals surface area contributed by atoms with E-state index in [1.165, 1.54) is 29.2 Å². The van der Waals surface area contributed by atoms with Crippen molar-refractivity contribution in [1.29, 1.82) is 0 Å². The van der Waals surface area contributed by atoms with Gasteiger partial charge in [-0.25, -0.2) is 4.68 Å². The number of aryl methyl sites for hydroxylation is 1. The van der Waals surface area contributed by atoms with Crippen LogP contribution in [0.15, 0.2) is 24.5 Å². The largest absolute Gasteiger partial charge is 0.326 e. The van der Waals surface area contributed by atoms with Crippen molar-refractivity contribution < 1.29 is 24.0 Å². The van der Waals surface area contributed by atoms with E-state index in [4.69, 9.17) is 0 Å². The van der Waals surface area contributed by atoms with Crippen LogP contribution in [0, 0.1) is 0 Å². The monoisotopic (exact) mass is 397 g/mol. The topological polar surface area (TPSA) is 156 Å². The van der Waals surface area contributed by atoms with Crippen molar-refractivity contribution in [2.45, 2.75) is 31.8 Å². The normalized spacial score (nSPS) is 18.6. The van der Waals surface area contributed by atoms with E-state index in [-0.39, 0.29) is 42.8 Å². The highest BCUT2D eigenvalue weighted by molar-refractivity contribution is 6.23. The lowest BCUT2D eigenvalue weighted by molar-refractivity contribution is -0.136. The van der Waals surface area contributed by atoms with Gasteiger partial charge in [0.05, 0.1) is 17.7 Å². The number of nitrogens with one attached hydrogen (secondary N) is 2. The van der Waals surface area contributed by atoms with E-state index < -0.39 is 29.7 Å². The molecule has 2 aromatic rings. The summed E-state index contributed by atoms with van der Waals surface area (Å²) >= 11 is 0. The van der Waals surface area contributed by atoms with Gasteiger partial charge in [0.15, 0.2) is 0 Å². The molecule has 2 aliphatic heterocycles. The van der Waals surface area contributed by atoms with Gasteiger partial charge in [0.25, 0.3) is 11.8 Å². The van der Waals surface area contributed by atoms with Crippen LogP contribution in [0.5, 0.6) is 0 Å². The molecule has 1 aromatic heterocycles. The second-order valence-corrected chi connectivity index (χ2v) is 6.58. The predicted molar refractivity (Wildman–Crippen MR) is 94.2 cm³/mol. The molecular weight excluding hydrogens is 382 g/mol. The molecule has 1 unspecified atom stereocenters. The minimum Gasteiger partial charge on any atom is -0.326 e. The van der Waals surface area contributed by atoms with Crippen LogP contribution in [0.2, 0.25) is 0 Å². The Labute approximate surface area is 163 Å².